The Labute approximate surface area is 91.3 Å². The standard InChI is InChI=1S/C6H14OS2.C2H6O2/c1-5(8)3-7-4-6(2)9;3-1-2-4/h5-6,8-9H,3-4H2,1-2H3;3-4H,1-2H2. The average molecular weight is 228 g/mol. The monoisotopic (exact) mass is 228 g/mol. The van der Waals surface area contributed by atoms with E-state index in [1.54, 1.807) is 0 Å². The molecule has 82 valence electrons. The first kappa shape index (κ1) is 16.0. The van der Waals surface area contributed by atoms with E-state index in [1.807, 2.05) is 13.8 Å². The highest BCUT2D eigenvalue weighted by Crippen LogP contribution is 1.96. The third-order valence-electron chi connectivity index (χ3n) is 0.818. The molecule has 0 heterocycles. The van der Waals surface area contributed by atoms with Crippen LogP contribution in [0, 0.1) is 0 Å². The Bertz CT molecular complexity index is 79.5. The van der Waals surface area contributed by atoms with Gasteiger partial charge in [-0.3, -0.25) is 0 Å². The van der Waals surface area contributed by atoms with Gasteiger partial charge >= 0.3 is 0 Å². The highest BCUT2D eigenvalue weighted by atomic mass is 32.1. The molecule has 0 aromatic rings. The minimum atomic E-state index is -0.125. The second-order valence-corrected chi connectivity index (χ2v) is 4.45. The quantitative estimate of drug-likeness (QED) is 0.522. The van der Waals surface area contributed by atoms with Crippen molar-refractivity contribution in [3.8, 4) is 0 Å². The van der Waals surface area contributed by atoms with Crippen LogP contribution in [0.3, 0.4) is 0 Å². The van der Waals surface area contributed by atoms with Crippen molar-refractivity contribution in [1.82, 2.24) is 0 Å². The third-order valence-corrected chi connectivity index (χ3v) is 1.12. The van der Waals surface area contributed by atoms with E-state index in [0.29, 0.717) is 23.7 Å². The van der Waals surface area contributed by atoms with Crippen LogP contribution in [-0.4, -0.2) is 47.1 Å². The molecule has 0 aliphatic heterocycles. The summed E-state index contributed by atoms with van der Waals surface area (Å²) < 4.78 is 5.20. The molecule has 0 saturated heterocycles. The summed E-state index contributed by atoms with van der Waals surface area (Å²) in [6.07, 6.45) is 0. The number of hydrogen-bond acceptors (Lipinski definition) is 5. The molecule has 0 bridgehead atoms. The molecular weight excluding hydrogens is 208 g/mol. The van der Waals surface area contributed by atoms with E-state index in [9.17, 15) is 0 Å². The lowest BCUT2D eigenvalue weighted by atomic mass is 10.5. The number of aliphatic hydroxyl groups excluding tert-OH is 2. The lowest BCUT2D eigenvalue weighted by Crippen LogP contribution is -2.10. The van der Waals surface area contributed by atoms with Gasteiger partial charge in [-0.15, -0.1) is 0 Å². The molecule has 0 aliphatic carbocycles. The van der Waals surface area contributed by atoms with Crippen molar-refractivity contribution in [3.05, 3.63) is 0 Å². The molecule has 3 nitrogen and oxygen atoms in total. The zero-order valence-corrected chi connectivity index (χ0v) is 9.97. The SMILES string of the molecule is CC(S)COCC(C)S.OCCO. The largest absolute Gasteiger partial charge is 0.394 e. The Kier molecular flexibility index (Phi) is 15.5. The van der Waals surface area contributed by atoms with Gasteiger partial charge in [-0.25, -0.2) is 0 Å². The van der Waals surface area contributed by atoms with Gasteiger partial charge < -0.3 is 14.9 Å². The minimum absolute atomic E-state index is 0.125. The van der Waals surface area contributed by atoms with Gasteiger partial charge in [0.25, 0.3) is 0 Å². The summed E-state index contributed by atoms with van der Waals surface area (Å²) in [6, 6.07) is 0. The average Bonchev–Trinajstić information content (AvgIpc) is 2.03. The predicted molar refractivity (Wildman–Crippen MR) is 61.9 cm³/mol. The Hall–Kier alpha value is 0.580. The predicted octanol–water partition coefficient (Wildman–Crippen LogP) is 0.611. The van der Waals surface area contributed by atoms with Gasteiger partial charge in [0.1, 0.15) is 0 Å². The summed E-state index contributed by atoms with van der Waals surface area (Å²) in [5, 5.41) is 15.9. The Balaban J connectivity index is 0. The van der Waals surface area contributed by atoms with E-state index in [4.69, 9.17) is 14.9 Å². The van der Waals surface area contributed by atoms with Gasteiger partial charge in [-0.1, -0.05) is 13.8 Å². The maximum absolute atomic E-state index is 7.62. The van der Waals surface area contributed by atoms with E-state index in [1.165, 1.54) is 0 Å². The van der Waals surface area contributed by atoms with Crippen molar-refractivity contribution in [2.24, 2.45) is 0 Å². The first-order valence-corrected chi connectivity index (χ1v) is 5.23. The fourth-order valence-electron chi connectivity index (χ4n) is 0.409. The number of hydrogen-bond donors (Lipinski definition) is 4. The number of aliphatic hydroxyl groups is 2. The molecule has 0 aromatic carbocycles. The molecule has 13 heavy (non-hydrogen) atoms. The van der Waals surface area contributed by atoms with Crippen LogP contribution in [0.1, 0.15) is 13.8 Å². The van der Waals surface area contributed by atoms with Gasteiger partial charge in [0, 0.05) is 10.5 Å². The third kappa shape index (κ3) is 24.5. The van der Waals surface area contributed by atoms with Crippen molar-refractivity contribution in [1.29, 1.82) is 0 Å². The molecule has 0 aliphatic rings. The summed E-state index contributed by atoms with van der Waals surface area (Å²) in [4.78, 5) is 0. The molecule has 2 atom stereocenters. The molecule has 0 rings (SSSR count). The molecular formula is C8H20O3S2. The molecule has 0 spiro atoms. The second-order valence-electron chi connectivity index (χ2n) is 2.68. The smallest absolute Gasteiger partial charge is 0.0662 e. The summed E-state index contributed by atoms with van der Waals surface area (Å²) in [5.41, 5.74) is 0. The van der Waals surface area contributed by atoms with Gasteiger partial charge in [-0.05, 0) is 0 Å². The van der Waals surface area contributed by atoms with Crippen LogP contribution in [0.4, 0.5) is 0 Å². The Morgan fingerprint density at radius 3 is 1.46 bits per heavy atom. The zero-order chi connectivity index (χ0) is 10.7. The van der Waals surface area contributed by atoms with Crippen molar-refractivity contribution in [2.45, 2.75) is 24.3 Å². The van der Waals surface area contributed by atoms with Crippen molar-refractivity contribution in [3.63, 3.8) is 0 Å². The van der Waals surface area contributed by atoms with Gasteiger partial charge in [-0.2, -0.15) is 25.3 Å². The van der Waals surface area contributed by atoms with Crippen molar-refractivity contribution >= 4 is 25.3 Å². The fraction of sp³-hybridized carbons (Fsp3) is 1.00. The number of ether oxygens (including phenoxy) is 1. The normalized spacial score (nSPS) is 14.3. The van der Waals surface area contributed by atoms with E-state index < -0.39 is 0 Å². The molecule has 0 fully saturated rings. The first-order chi connectivity index (χ1) is 6.04. The number of rotatable bonds is 5. The highest BCUT2D eigenvalue weighted by molar-refractivity contribution is 7.81. The molecule has 2 N–H and O–H groups in total. The van der Waals surface area contributed by atoms with E-state index >= 15 is 0 Å². The van der Waals surface area contributed by atoms with Crippen LogP contribution in [0.25, 0.3) is 0 Å². The summed E-state index contributed by atoms with van der Waals surface area (Å²) in [6.45, 7) is 5.20. The summed E-state index contributed by atoms with van der Waals surface area (Å²) in [7, 11) is 0. The molecule has 5 heteroatoms. The molecule has 0 aromatic heterocycles. The Morgan fingerprint density at radius 1 is 1.00 bits per heavy atom. The number of thiol groups is 2. The highest BCUT2D eigenvalue weighted by Gasteiger charge is 1.96. The maximum atomic E-state index is 7.62. The molecule has 2 unspecified atom stereocenters. The molecule has 0 radical (unpaired) electrons. The van der Waals surface area contributed by atoms with Gasteiger partial charge in [0.15, 0.2) is 0 Å². The van der Waals surface area contributed by atoms with Crippen LogP contribution in [0.5, 0.6) is 0 Å². The van der Waals surface area contributed by atoms with E-state index in [2.05, 4.69) is 25.3 Å². The van der Waals surface area contributed by atoms with Gasteiger partial charge in [0.2, 0.25) is 0 Å². The lowest BCUT2D eigenvalue weighted by Gasteiger charge is -2.07. The maximum Gasteiger partial charge on any atom is 0.0662 e. The Morgan fingerprint density at radius 2 is 1.31 bits per heavy atom. The zero-order valence-electron chi connectivity index (χ0n) is 8.18. The summed E-state index contributed by atoms with van der Waals surface area (Å²) >= 11 is 8.30. The summed E-state index contributed by atoms with van der Waals surface area (Å²) in [5.74, 6) is 0. The van der Waals surface area contributed by atoms with Crippen LogP contribution in [0.15, 0.2) is 0 Å². The van der Waals surface area contributed by atoms with Gasteiger partial charge in [0.05, 0.1) is 26.4 Å². The molecule has 0 amide bonds. The van der Waals surface area contributed by atoms with Crippen molar-refractivity contribution < 1.29 is 14.9 Å². The van der Waals surface area contributed by atoms with Crippen LogP contribution < -0.4 is 0 Å². The topological polar surface area (TPSA) is 49.7 Å². The van der Waals surface area contributed by atoms with Crippen LogP contribution in [0.2, 0.25) is 0 Å². The van der Waals surface area contributed by atoms with E-state index in [-0.39, 0.29) is 13.2 Å². The lowest BCUT2D eigenvalue weighted by molar-refractivity contribution is 0.142. The van der Waals surface area contributed by atoms with Crippen LogP contribution >= 0.6 is 25.3 Å². The molecule has 0 saturated carbocycles. The first-order valence-electron chi connectivity index (χ1n) is 4.20. The van der Waals surface area contributed by atoms with Crippen molar-refractivity contribution in [2.75, 3.05) is 26.4 Å². The fourth-order valence-corrected chi connectivity index (χ4v) is 0.620. The minimum Gasteiger partial charge on any atom is -0.394 e. The van der Waals surface area contributed by atoms with E-state index in [0.717, 1.165) is 0 Å². The van der Waals surface area contributed by atoms with Crippen LogP contribution in [-0.2, 0) is 4.74 Å². The second kappa shape index (κ2) is 12.6.